The van der Waals surface area contributed by atoms with Crippen LogP contribution in [-0.2, 0) is 10.0 Å². The molecule has 0 aliphatic rings. The molecule has 0 atom stereocenters. The first kappa shape index (κ1) is 18.2. The number of sulfonamides is 1. The lowest BCUT2D eigenvalue weighted by atomic mass is 10.1. The van der Waals surface area contributed by atoms with Crippen molar-refractivity contribution < 1.29 is 13.2 Å². The van der Waals surface area contributed by atoms with Crippen molar-refractivity contribution in [2.75, 3.05) is 16.3 Å². The molecule has 28 heavy (non-hydrogen) atoms. The third kappa shape index (κ3) is 4.05. The van der Waals surface area contributed by atoms with E-state index in [1.807, 2.05) is 34.3 Å². The summed E-state index contributed by atoms with van der Waals surface area (Å²) in [6.45, 7) is 0. The first-order chi connectivity index (χ1) is 13.4. The van der Waals surface area contributed by atoms with Gasteiger partial charge in [-0.15, -0.1) is 11.3 Å². The molecular formula is C19H16N4O3S2. The van der Waals surface area contributed by atoms with Gasteiger partial charge in [-0.25, -0.2) is 13.4 Å². The highest BCUT2D eigenvalue weighted by Gasteiger charge is 2.10. The van der Waals surface area contributed by atoms with Crippen molar-refractivity contribution in [3.05, 3.63) is 71.9 Å². The molecule has 7 nitrogen and oxygen atoms in total. The average Bonchev–Trinajstić information content (AvgIpc) is 3.23. The van der Waals surface area contributed by atoms with Gasteiger partial charge < -0.3 is 5.32 Å². The molecule has 0 bridgehead atoms. The average molecular weight is 412 g/mol. The Bertz CT molecular complexity index is 1230. The Kier molecular flexibility index (Phi) is 4.62. The molecule has 0 aliphatic heterocycles. The minimum Gasteiger partial charge on any atom is -0.322 e. The molecule has 4 rings (SSSR count). The molecule has 0 radical (unpaired) electrons. The summed E-state index contributed by atoms with van der Waals surface area (Å²) in [4.78, 5) is 18.0. The number of amides is 1. The van der Waals surface area contributed by atoms with Crippen LogP contribution in [0.1, 0.15) is 10.4 Å². The van der Waals surface area contributed by atoms with Crippen LogP contribution in [0.15, 0.2) is 66.3 Å². The highest BCUT2D eigenvalue weighted by molar-refractivity contribution is 7.92. The van der Waals surface area contributed by atoms with E-state index in [2.05, 4.69) is 15.0 Å². The van der Waals surface area contributed by atoms with Crippen LogP contribution >= 0.6 is 11.3 Å². The summed E-state index contributed by atoms with van der Waals surface area (Å²) in [7, 11) is -3.40. The number of carbonyl (C=O) groups is 1. The van der Waals surface area contributed by atoms with Crippen molar-refractivity contribution in [2.24, 2.45) is 0 Å². The van der Waals surface area contributed by atoms with Crippen LogP contribution in [0.3, 0.4) is 0 Å². The number of hydrogen-bond acceptors (Lipinski definition) is 5. The fraction of sp³-hybridized carbons (Fsp3) is 0.0526. The van der Waals surface area contributed by atoms with E-state index in [9.17, 15) is 13.2 Å². The van der Waals surface area contributed by atoms with E-state index in [1.165, 1.54) is 6.07 Å². The number of carbonyl (C=O) groups excluding carboxylic acids is 1. The fourth-order valence-electron chi connectivity index (χ4n) is 2.73. The van der Waals surface area contributed by atoms with Crippen LogP contribution in [0.25, 0.3) is 16.2 Å². The second kappa shape index (κ2) is 7.10. The molecule has 2 N–H and O–H groups in total. The second-order valence-electron chi connectivity index (χ2n) is 6.21. The maximum atomic E-state index is 12.5. The standard InChI is InChI=1S/C19H16N4O3S2/c1-28(25,26)22-16-4-2-3-14(11-16)18(24)20-15-7-5-13(6-8-15)17-12-23-9-10-27-19(23)21-17/h2-12,22H,1H3,(H,20,24). The van der Waals surface area contributed by atoms with Crippen molar-refractivity contribution >= 4 is 43.6 Å². The number of fused-ring (bicyclic) bond motifs is 1. The van der Waals surface area contributed by atoms with Gasteiger partial charge in [0.2, 0.25) is 10.0 Å². The molecule has 2 aromatic heterocycles. The van der Waals surface area contributed by atoms with E-state index in [0.717, 1.165) is 22.5 Å². The molecule has 1 amide bonds. The van der Waals surface area contributed by atoms with Crippen LogP contribution in [-0.4, -0.2) is 30.0 Å². The summed E-state index contributed by atoms with van der Waals surface area (Å²) >= 11 is 1.57. The SMILES string of the molecule is CS(=O)(=O)Nc1cccc(C(=O)Nc2ccc(-c3cn4ccsc4n3)cc2)c1. The Morgan fingerprint density at radius 1 is 1.11 bits per heavy atom. The lowest BCUT2D eigenvalue weighted by molar-refractivity contribution is 0.102. The van der Waals surface area contributed by atoms with Gasteiger partial charge in [-0.1, -0.05) is 18.2 Å². The summed E-state index contributed by atoms with van der Waals surface area (Å²) in [6.07, 6.45) is 4.97. The second-order valence-corrected chi connectivity index (χ2v) is 8.83. The number of aromatic nitrogens is 2. The summed E-state index contributed by atoms with van der Waals surface area (Å²) < 4.78 is 27.0. The number of nitrogens with zero attached hydrogens (tertiary/aromatic N) is 2. The van der Waals surface area contributed by atoms with E-state index >= 15 is 0 Å². The van der Waals surface area contributed by atoms with Crippen LogP contribution < -0.4 is 10.0 Å². The third-order valence-corrected chi connectivity index (χ3v) is 5.34. The van der Waals surface area contributed by atoms with Crippen LogP contribution in [0, 0.1) is 0 Å². The molecule has 0 saturated heterocycles. The molecule has 0 saturated carbocycles. The number of hydrogen-bond donors (Lipinski definition) is 2. The molecule has 0 unspecified atom stereocenters. The van der Waals surface area contributed by atoms with Crippen molar-refractivity contribution in [2.45, 2.75) is 0 Å². The first-order valence-corrected chi connectivity index (χ1v) is 11.1. The van der Waals surface area contributed by atoms with Gasteiger partial charge in [0.1, 0.15) is 0 Å². The van der Waals surface area contributed by atoms with E-state index in [0.29, 0.717) is 16.9 Å². The van der Waals surface area contributed by atoms with Crippen LogP contribution in [0.5, 0.6) is 0 Å². The minimum atomic E-state index is -3.40. The number of nitrogens with one attached hydrogen (secondary N) is 2. The van der Waals surface area contributed by atoms with Crippen molar-refractivity contribution in [1.82, 2.24) is 9.38 Å². The lowest BCUT2D eigenvalue weighted by Gasteiger charge is -2.08. The molecule has 0 aliphatic carbocycles. The van der Waals surface area contributed by atoms with Gasteiger partial charge in [-0.2, -0.15) is 0 Å². The van der Waals surface area contributed by atoms with Gasteiger partial charge in [-0.05, 0) is 30.3 Å². The van der Waals surface area contributed by atoms with E-state index in [1.54, 1.807) is 41.7 Å². The van der Waals surface area contributed by atoms with E-state index in [4.69, 9.17) is 0 Å². The Labute approximate surface area is 165 Å². The summed E-state index contributed by atoms with van der Waals surface area (Å²) in [6, 6.07) is 13.7. The lowest BCUT2D eigenvalue weighted by Crippen LogP contribution is -2.13. The molecule has 142 valence electrons. The zero-order chi connectivity index (χ0) is 19.7. The van der Waals surface area contributed by atoms with Gasteiger partial charge in [0, 0.05) is 40.3 Å². The number of thiazole rings is 1. The monoisotopic (exact) mass is 412 g/mol. The van der Waals surface area contributed by atoms with Gasteiger partial charge in [0.15, 0.2) is 4.96 Å². The Morgan fingerprint density at radius 2 is 1.89 bits per heavy atom. The summed E-state index contributed by atoms with van der Waals surface area (Å²) in [5.41, 5.74) is 3.14. The highest BCUT2D eigenvalue weighted by atomic mass is 32.2. The third-order valence-electron chi connectivity index (χ3n) is 3.96. The van der Waals surface area contributed by atoms with Crippen molar-refractivity contribution in [3.8, 4) is 11.3 Å². The van der Waals surface area contributed by atoms with E-state index < -0.39 is 10.0 Å². The maximum absolute atomic E-state index is 12.5. The number of anilines is 2. The molecule has 2 aromatic carbocycles. The topological polar surface area (TPSA) is 92.6 Å². The van der Waals surface area contributed by atoms with Gasteiger partial charge in [0.25, 0.3) is 5.91 Å². The van der Waals surface area contributed by atoms with Crippen LogP contribution in [0.4, 0.5) is 11.4 Å². The molecule has 9 heteroatoms. The molecular weight excluding hydrogens is 396 g/mol. The zero-order valence-electron chi connectivity index (χ0n) is 14.8. The number of benzene rings is 2. The van der Waals surface area contributed by atoms with Crippen LogP contribution in [0.2, 0.25) is 0 Å². The predicted molar refractivity (Wildman–Crippen MR) is 111 cm³/mol. The number of imidazole rings is 1. The zero-order valence-corrected chi connectivity index (χ0v) is 16.4. The van der Waals surface area contributed by atoms with Crippen molar-refractivity contribution in [3.63, 3.8) is 0 Å². The Balaban J connectivity index is 1.49. The minimum absolute atomic E-state index is 0.326. The maximum Gasteiger partial charge on any atom is 0.255 e. The Hall–Kier alpha value is -3.17. The quantitative estimate of drug-likeness (QED) is 0.523. The van der Waals surface area contributed by atoms with Gasteiger partial charge in [0.05, 0.1) is 11.9 Å². The largest absolute Gasteiger partial charge is 0.322 e. The van der Waals surface area contributed by atoms with E-state index in [-0.39, 0.29) is 5.91 Å². The molecule has 4 aromatic rings. The molecule has 0 fully saturated rings. The normalized spacial score (nSPS) is 11.5. The summed E-state index contributed by atoms with van der Waals surface area (Å²) in [5, 5.41) is 4.79. The number of rotatable bonds is 5. The highest BCUT2D eigenvalue weighted by Crippen LogP contribution is 2.23. The van der Waals surface area contributed by atoms with Crippen molar-refractivity contribution in [1.29, 1.82) is 0 Å². The van der Waals surface area contributed by atoms with Gasteiger partial charge in [-0.3, -0.25) is 13.9 Å². The fourth-order valence-corrected chi connectivity index (χ4v) is 3.99. The smallest absolute Gasteiger partial charge is 0.255 e. The van der Waals surface area contributed by atoms with Gasteiger partial charge >= 0.3 is 0 Å². The summed E-state index contributed by atoms with van der Waals surface area (Å²) in [5.74, 6) is -0.326. The molecule has 2 heterocycles. The molecule has 0 spiro atoms. The Morgan fingerprint density at radius 3 is 2.61 bits per heavy atom. The predicted octanol–water partition coefficient (Wildman–Crippen LogP) is 3.69. The first-order valence-electron chi connectivity index (χ1n) is 8.29.